The third kappa shape index (κ3) is 12.3. The summed E-state index contributed by atoms with van der Waals surface area (Å²) in [4.78, 5) is 43.3. The molecule has 2 unspecified atom stereocenters. The van der Waals surface area contributed by atoms with Gasteiger partial charge in [0.15, 0.2) is 12.3 Å². The lowest BCUT2D eigenvalue weighted by Crippen LogP contribution is -2.43. The summed E-state index contributed by atoms with van der Waals surface area (Å²) < 4.78 is 65.2. The molecule has 0 radical (unpaired) electrons. The zero-order chi connectivity index (χ0) is 48.0. The molecule has 1 fully saturated rings. The Hall–Kier alpha value is -5.44. The monoisotopic (exact) mass is 932 g/mol. The van der Waals surface area contributed by atoms with Crippen LogP contribution >= 0.6 is 8.53 Å². The van der Waals surface area contributed by atoms with Crippen molar-refractivity contribution in [3.8, 4) is 23.4 Å². The summed E-state index contributed by atoms with van der Waals surface area (Å²) in [7, 11) is 2.72. The number of methoxy groups -OCH3 is 3. The van der Waals surface area contributed by atoms with Crippen molar-refractivity contribution in [1.82, 2.24) is 14.2 Å². The van der Waals surface area contributed by atoms with Crippen molar-refractivity contribution in [2.24, 2.45) is 0 Å². The van der Waals surface area contributed by atoms with Crippen molar-refractivity contribution in [3.05, 3.63) is 118 Å². The van der Waals surface area contributed by atoms with Crippen LogP contribution in [-0.2, 0) is 47.9 Å². The highest BCUT2D eigenvalue weighted by Crippen LogP contribution is 2.51. The number of aromatic nitrogens is 2. The van der Waals surface area contributed by atoms with Gasteiger partial charge in [-0.1, -0.05) is 54.6 Å². The largest absolute Gasteiger partial charge is 0.497 e. The summed E-state index contributed by atoms with van der Waals surface area (Å²) in [5.74, 6) is -0.119. The molecular weight excluding hydrogens is 872 g/mol. The van der Waals surface area contributed by atoms with Gasteiger partial charge >= 0.3 is 17.6 Å². The van der Waals surface area contributed by atoms with Gasteiger partial charge in [0.2, 0.25) is 5.88 Å². The summed E-state index contributed by atoms with van der Waals surface area (Å²) >= 11 is 0. The third-order valence-corrected chi connectivity index (χ3v) is 12.8. The molecule has 0 bridgehead atoms. The number of rotatable bonds is 24. The molecule has 0 amide bonds. The van der Waals surface area contributed by atoms with E-state index in [4.69, 9.17) is 46.9 Å². The summed E-state index contributed by atoms with van der Waals surface area (Å²) in [6, 6.07) is 28.3. The fourth-order valence-corrected chi connectivity index (χ4v) is 9.66. The van der Waals surface area contributed by atoms with Crippen molar-refractivity contribution >= 4 is 20.5 Å². The van der Waals surface area contributed by atoms with E-state index >= 15 is 0 Å². The maximum absolute atomic E-state index is 14.4. The number of hydrogen-bond donors (Lipinski definition) is 0. The molecule has 0 aliphatic carbocycles. The average molecular weight is 933 g/mol. The first kappa shape index (κ1) is 51.5. The number of carbonyl (C=O) groups excluding carboxylic acids is 2. The highest BCUT2D eigenvalue weighted by atomic mass is 31.2. The Morgan fingerprint density at radius 2 is 1.47 bits per heavy atom. The van der Waals surface area contributed by atoms with Crippen LogP contribution in [0.15, 0.2) is 89.7 Å². The van der Waals surface area contributed by atoms with Crippen LogP contribution in [0.25, 0.3) is 0 Å². The lowest BCUT2D eigenvalue weighted by Gasteiger charge is -2.39. The number of nitriles is 1. The Morgan fingerprint density at radius 1 is 0.879 bits per heavy atom. The molecule has 18 heteroatoms. The molecule has 0 N–H and O–H groups in total. The molecule has 6 atom stereocenters. The van der Waals surface area contributed by atoms with E-state index in [0.29, 0.717) is 11.5 Å². The summed E-state index contributed by atoms with van der Waals surface area (Å²) in [5.41, 5.74) is 0.219. The van der Waals surface area contributed by atoms with Gasteiger partial charge in [-0.15, -0.1) is 0 Å². The predicted molar refractivity (Wildman–Crippen MR) is 244 cm³/mol. The number of hydrogen-bond acceptors (Lipinski definition) is 16. The summed E-state index contributed by atoms with van der Waals surface area (Å²) in [6.45, 7) is 11.8. The number of nitrogens with zero attached hydrogens (tertiary/aromatic N) is 4. The van der Waals surface area contributed by atoms with Gasteiger partial charge < -0.3 is 46.9 Å². The normalized spacial score (nSPS) is 18.2. The van der Waals surface area contributed by atoms with Crippen LogP contribution in [0.3, 0.4) is 0 Å². The van der Waals surface area contributed by atoms with Crippen LogP contribution in [0, 0.1) is 11.3 Å². The minimum absolute atomic E-state index is 0.0517. The Morgan fingerprint density at radius 3 is 1.97 bits per heavy atom. The molecule has 66 heavy (non-hydrogen) atoms. The van der Waals surface area contributed by atoms with Crippen molar-refractivity contribution < 1.29 is 56.5 Å². The van der Waals surface area contributed by atoms with E-state index in [0.717, 1.165) is 16.7 Å². The zero-order valence-electron chi connectivity index (χ0n) is 39.2. The van der Waals surface area contributed by atoms with Gasteiger partial charge in [-0.25, -0.2) is 9.46 Å². The van der Waals surface area contributed by atoms with Gasteiger partial charge in [0, 0.05) is 39.1 Å². The Bertz CT molecular complexity index is 2220. The van der Waals surface area contributed by atoms with Crippen molar-refractivity contribution in [3.63, 3.8) is 0 Å². The summed E-state index contributed by atoms with van der Waals surface area (Å²) in [6.07, 6.45) is -5.64. The van der Waals surface area contributed by atoms with E-state index in [2.05, 4.69) is 15.7 Å². The number of benzene rings is 3. The van der Waals surface area contributed by atoms with Crippen molar-refractivity contribution in [2.45, 2.75) is 103 Å². The highest BCUT2D eigenvalue weighted by Gasteiger charge is 2.52. The second kappa shape index (κ2) is 24.4. The minimum Gasteiger partial charge on any atom is -0.497 e. The van der Waals surface area contributed by atoms with Crippen LogP contribution in [0.2, 0.25) is 0 Å². The van der Waals surface area contributed by atoms with Gasteiger partial charge in [-0.05, 0) is 75.6 Å². The van der Waals surface area contributed by atoms with E-state index in [9.17, 15) is 19.6 Å². The second-order valence-electron chi connectivity index (χ2n) is 15.7. The molecule has 1 aromatic heterocycles. The average Bonchev–Trinajstić information content (AvgIpc) is 3.64. The van der Waals surface area contributed by atoms with E-state index in [1.165, 1.54) is 31.6 Å². The molecule has 1 aliphatic heterocycles. The molecule has 0 spiro atoms. The van der Waals surface area contributed by atoms with Gasteiger partial charge in [-0.2, -0.15) is 10.2 Å². The highest BCUT2D eigenvalue weighted by molar-refractivity contribution is 7.44. The zero-order valence-corrected chi connectivity index (χ0v) is 40.1. The number of esters is 2. The Balaban J connectivity index is 1.75. The van der Waals surface area contributed by atoms with E-state index in [-0.39, 0.29) is 49.9 Å². The quantitative estimate of drug-likeness (QED) is 0.0292. The lowest BCUT2D eigenvalue weighted by atomic mass is 9.80. The topological polar surface area (TPSA) is 188 Å². The van der Waals surface area contributed by atoms with Gasteiger partial charge in [-0.3, -0.25) is 14.2 Å². The Kier molecular flexibility index (Phi) is 19.0. The van der Waals surface area contributed by atoms with Crippen molar-refractivity contribution in [1.29, 1.82) is 5.26 Å². The van der Waals surface area contributed by atoms with E-state index < -0.39 is 69.0 Å². The summed E-state index contributed by atoms with van der Waals surface area (Å²) in [5, 5.41) is 9.51. The fourth-order valence-electron chi connectivity index (χ4n) is 7.89. The lowest BCUT2D eigenvalue weighted by molar-refractivity contribution is -0.157. The molecule has 3 aromatic carbocycles. The van der Waals surface area contributed by atoms with Crippen LogP contribution in [0.4, 0.5) is 0 Å². The Labute approximate surface area is 387 Å². The van der Waals surface area contributed by atoms with Gasteiger partial charge in [0.05, 0.1) is 52.2 Å². The SMILES string of the molecule is CCOc1cc(C(COC(C)=O)OC(C)=O)n([C@@H]2O[C@H](COC(c3ccccc3)(c3ccc(OC)cc3)c3ccc(OC)cc3)[C@@H](OP(OCCC#N)N(C(C)C)C(C)C)[C@H]2OC)c(=O)n1. The van der Waals surface area contributed by atoms with Crippen LogP contribution in [-0.4, -0.2) is 104 Å². The molecule has 356 valence electrons. The first-order chi connectivity index (χ1) is 31.7. The van der Waals surface area contributed by atoms with Crippen molar-refractivity contribution in [2.75, 3.05) is 47.8 Å². The first-order valence-corrected chi connectivity index (χ1v) is 22.8. The standard InChI is InChI=1S/C48H61N4O13P/c1-11-59-43-28-40(41(63-34(7)54)29-60-33(6)53)51(47(55)50-43)46-45(58-10)44(65-66(62-27-15-26-49)52(31(2)3)32(4)5)42(64-46)30-61-48(35-16-13-12-14-17-35,36-18-22-38(56-8)23-19-36)37-20-24-39(57-9)25-21-37/h12-14,16-25,28,31-32,41-42,44-46H,11,15,27,29-30H2,1-10H3/t41?,42-,44-,45-,46-,66?/m1/s1. The van der Waals surface area contributed by atoms with Crippen LogP contribution in [0.5, 0.6) is 17.4 Å². The predicted octanol–water partition coefficient (Wildman–Crippen LogP) is 7.41. The molecule has 5 rings (SSSR count). The molecule has 1 saturated heterocycles. The fraction of sp³-hybridized carbons (Fsp3) is 0.479. The number of carbonyl (C=O) groups is 2. The van der Waals surface area contributed by atoms with Crippen LogP contribution < -0.4 is 19.9 Å². The second-order valence-corrected chi connectivity index (χ2v) is 17.1. The van der Waals surface area contributed by atoms with E-state index in [1.54, 1.807) is 21.1 Å². The molecule has 17 nitrogen and oxygen atoms in total. The molecule has 1 aliphatic rings. The van der Waals surface area contributed by atoms with Crippen LogP contribution in [0.1, 0.15) is 89.6 Å². The minimum atomic E-state index is -1.93. The molecule has 0 saturated carbocycles. The van der Waals surface area contributed by atoms with E-state index in [1.807, 2.05) is 107 Å². The maximum atomic E-state index is 14.4. The third-order valence-electron chi connectivity index (χ3n) is 10.7. The molecule has 4 aromatic rings. The van der Waals surface area contributed by atoms with Gasteiger partial charge in [0.1, 0.15) is 42.0 Å². The first-order valence-electron chi connectivity index (χ1n) is 21.7. The maximum Gasteiger partial charge on any atom is 0.353 e. The molecular formula is C48H61N4O13P. The molecule has 2 heterocycles. The van der Waals surface area contributed by atoms with Gasteiger partial charge in [0.25, 0.3) is 8.53 Å². The number of ether oxygens (including phenoxy) is 8. The smallest absolute Gasteiger partial charge is 0.353 e.